The van der Waals surface area contributed by atoms with Crippen LogP contribution in [0, 0.1) is 11.7 Å². The summed E-state index contributed by atoms with van der Waals surface area (Å²) in [7, 11) is 0. The first kappa shape index (κ1) is 17.4. The zero-order valence-electron chi connectivity index (χ0n) is 13.4. The smallest absolute Gasteiger partial charge is 0.306 e. The number of piperidine rings is 1. The lowest BCUT2D eigenvalue weighted by atomic mass is 9.97. The Morgan fingerprint density at radius 2 is 2.04 bits per heavy atom. The predicted octanol–water partition coefficient (Wildman–Crippen LogP) is 1.97. The molecule has 1 aliphatic rings. The lowest BCUT2D eigenvalue weighted by Gasteiger charge is -2.31. The Balaban J connectivity index is 1.87. The maximum Gasteiger partial charge on any atom is 0.306 e. The van der Waals surface area contributed by atoms with Crippen molar-refractivity contribution >= 4 is 11.9 Å². The first-order valence-corrected chi connectivity index (χ1v) is 7.97. The monoisotopic (exact) mass is 322 g/mol. The van der Waals surface area contributed by atoms with Crippen LogP contribution in [0.25, 0.3) is 0 Å². The molecule has 1 amide bonds. The van der Waals surface area contributed by atoms with Crippen LogP contribution in [0.15, 0.2) is 24.3 Å². The highest BCUT2D eigenvalue weighted by molar-refractivity contribution is 5.78. The van der Waals surface area contributed by atoms with E-state index in [4.69, 9.17) is 5.11 Å². The van der Waals surface area contributed by atoms with E-state index < -0.39 is 5.97 Å². The van der Waals surface area contributed by atoms with E-state index in [1.165, 1.54) is 12.1 Å². The van der Waals surface area contributed by atoms with Crippen LogP contribution in [-0.2, 0) is 16.1 Å². The number of carbonyl (C=O) groups excluding carboxylic acids is 1. The standard InChI is InChI=1S/C17H23FN2O3/c1-2-20(11-13-4-3-5-15(18)10-13)16(21)12-19-8-6-14(7-9-19)17(22)23/h3-5,10,14H,2,6-9,11-12H2,1H3,(H,22,23). The highest BCUT2D eigenvalue weighted by atomic mass is 19.1. The van der Waals surface area contributed by atoms with Gasteiger partial charge in [0.25, 0.3) is 0 Å². The third-order valence-corrected chi connectivity index (χ3v) is 4.29. The van der Waals surface area contributed by atoms with Gasteiger partial charge >= 0.3 is 5.97 Å². The summed E-state index contributed by atoms with van der Waals surface area (Å²) in [6.07, 6.45) is 1.16. The van der Waals surface area contributed by atoms with Crippen molar-refractivity contribution in [3.05, 3.63) is 35.6 Å². The lowest BCUT2D eigenvalue weighted by Crippen LogP contribution is -2.44. The molecule has 1 aromatic rings. The Kier molecular flexibility index (Phi) is 6.10. The van der Waals surface area contributed by atoms with Gasteiger partial charge in [0.05, 0.1) is 12.5 Å². The summed E-state index contributed by atoms with van der Waals surface area (Å²) in [5, 5.41) is 8.99. The van der Waals surface area contributed by atoms with Crippen LogP contribution in [0.3, 0.4) is 0 Å². The summed E-state index contributed by atoms with van der Waals surface area (Å²) in [4.78, 5) is 27.1. The van der Waals surface area contributed by atoms with Crippen molar-refractivity contribution in [2.75, 3.05) is 26.2 Å². The average Bonchev–Trinajstić information content (AvgIpc) is 2.53. The second-order valence-electron chi connectivity index (χ2n) is 5.93. The molecule has 0 unspecified atom stereocenters. The van der Waals surface area contributed by atoms with Gasteiger partial charge in [-0.1, -0.05) is 12.1 Å². The van der Waals surface area contributed by atoms with Crippen molar-refractivity contribution in [2.45, 2.75) is 26.3 Å². The van der Waals surface area contributed by atoms with E-state index in [2.05, 4.69) is 0 Å². The molecule has 5 nitrogen and oxygen atoms in total. The molecule has 1 N–H and O–H groups in total. The van der Waals surface area contributed by atoms with Gasteiger partial charge in [-0.25, -0.2) is 4.39 Å². The number of nitrogens with zero attached hydrogens (tertiary/aromatic N) is 2. The minimum atomic E-state index is -0.753. The predicted molar refractivity (Wildman–Crippen MR) is 84.3 cm³/mol. The Morgan fingerprint density at radius 1 is 1.35 bits per heavy atom. The molecule has 1 fully saturated rings. The van der Waals surface area contributed by atoms with Gasteiger partial charge in [0.15, 0.2) is 0 Å². The third kappa shape index (κ3) is 5.03. The van der Waals surface area contributed by atoms with E-state index >= 15 is 0 Å². The number of carboxylic acids is 1. The first-order chi connectivity index (χ1) is 11.0. The molecular weight excluding hydrogens is 299 g/mol. The van der Waals surface area contributed by atoms with Gasteiger partial charge in [0.2, 0.25) is 5.91 Å². The van der Waals surface area contributed by atoms with Gasteiger partial charge in [0, 0.05) is 13.1 Å². The minimum absolute atomic E-state index is 0.00876. The fraction of sp³-hybridized carbons (Fsp3) is 0.529. The number of halogens is 1. The van der Waals surface area contributed by atoms with Gasteiger partial charge in [-0.2, -0.15) is 0 Å². The average molecular weight is 322 g/mol. The van der Waals surface area contributed by atoms with Crippen molar-refractivity contribution in [3.8, 4) is 0 Å². The summed E-state index contributed by atoms with van der Waals surface area (Å²) in [5.74, 6) is -1.36. The summed E-state index contributed by atoms with van der Waals surface area (Å²) in [6.45, 7) is 4.38. The molecule has 1 aliphatic heterocycles. The molecule has 126 valence electrons. The van der Waals surface area contributed by atoms with E-state index in [9.17, 15) is 14.0 Å². The number of likely N-dealkylation sites (N-methyl/N-ethyl adjacent to an activating group) is 1. The third-order valence-electron chi connectivity index (χ3n) is 4.29. The van der Waals surface area contributed by atoms with Crippen molar-refractivity contribution in [2.24, 2.45) is 5.92 Å². The number of carboxylic acid groups (broad SMARTS) is 1. The fourth-order valence-corrected chi connectivity index (χ4v) is 2.86. The molecule has 0 saturated carbocycles. The van der Waals surface area contributed by atoms with Crippen molar-refractivity contribution in [1.29, 1.82) is 0 Å². The Hall–Kier alpha value is -1.95. The molecule has 1 aromatic carbocycles. The summed E-state index contributed by atoms with van der Waals surface area (Å²) in [5.41, 5.74) is 0.768. The van der Waals surface area contributed by atoms with Gasteiger partial charge in [-0.15, -0.1) is 0 Å². The van der Waals surface area contributed by atoms with E-state index in [0.29, 0.717) is 39.0 Å². The quantitative estimate of drug-likeness (QED) is 0.870. The van der Waals surface area contributed by atoms with Gasteiger partial charge in [-0.05, 0) is 50.6 Å². The maximum atomic E-state index is 13.2. The van der Waals surface area contributed by atoms with Crippen LogP contribution >= 0.6 is 0 Å². The Bertz CT molecular complexity index is 557. The van der Waals surface area contributed by atoms with Crippen molar-refractivity contribution in [1.82, 2.24) is 9.80 Å². The molecule has 0 spiro atoms. The van der Waals surface area contributed by atoms with Crippen LogP contribution in [0.4, 0.5) is 4.39 Å². The number of hydrogen-bond acceptors (Lipinski definition) is 3. The molecule has 0 aromatic heterocycles. The van der Waals surface area contributed by atoms with E-state index in [-0.39, 0.29) is 24.2 Å². The number of carbonyl (C=O) groups is 2. The Labute approximate surface area is 135 Å². The number of benzene rings is 1. The van der Waals surface area contributed by atoms with Crippen LogP contribution in [0.2, 0.25) is 0 Å². The second-order valence-corrected chi connectivity index (χ2v) is 5.93. The normalized spacial score (nSPS) is 16.3. The van der Waals surface area contributed by atoms with Crippen LogP contribution in [0.1, 0.15) is 25.3 Å². The van der Waals surface area contributed by atoms with Gasteiger partial charge in [0.1, 0.15) is 5.82 Å². The van der Waals surface area contributed by atoms with Crippen LogP contribution in [0.5, 0.6) is 0 Å². The minimum Gasteiger partial charge on any atom is -0.481 e. The zero-order valence-corrected chi connectivity index (χ0v) is 13.4. The topological polar surface area (TPSA) is 60.9 Å². The van der Waals surface area contributed by atoms with Gasteiger partial charge in [-0.3, -0.25) is 14.5 Å². The molecule has 0 atom stereocenters. The molecule has 6 heteroatoms. The summed E-state index contributed by atoms with van der Waals surface area (Å²) in [6, 6.07) is 6.26. The number of rotatable bonds is 6. The highest BCUT2D eigenvalue weighted by Gasteiger charge is 2.26. The van der Waals surface area contributed by atoms with Crippen LogP contribution in [-0.4, -0.2) is 53.0 Å². The van der Waals surface area contributed by atoms with Crippen molar-refractivity contribution < 1.29 is 19.1 Å². The lowest BCUT2D eigenvalue weighted by molar-refractivity contribution is -0.143. The molecule has 1 heterocycles. The molecule has 23 heavy (non-hydrogen) atoms. The number of hydrogen-bond donors (Lipinski definition) is 1. The Morgan fingerprint density at radius 3 is 2.61 bits per heavy atom. The van der Waals surface area contributed by atoms with Crippen molar-refractivity contribution in [3.63, 3.8) is 0 Å². The maximum absolute atomic E-state index is 13.2. The number of likely N-dealkylation sites (tertiary alicyclic amines) is 1. The first-order valence-electron chi connectivity index (χ1n) is 7.97. The largest absolute Gasteiger partial charge is 0.481 e. The highest BCUT2D eigenvalue weighted by Crippen LogP contribution is 2.17. The van der Waals surface area contributed by atoms with E-state index in [0.717, 1.165) is 5.56 Å². The summed E-state index contributed by atoms with van der Waals surface area (Å²) >= 11 is 0. The second kappa shape index (κ2) is 8.06. The molecule has 0 radical (unpaired) electrons. The molecule has 2 rings (SSSR count). The molecular formula is C17H23FN2O3. The number of aliphatic carboxylic acids is 1. The number of amides is 1. The zero-order chi connectivity index (χ0) is 16.8. The molecule has 1 saturated heterocycles. The molecule has 0 aliphatic carbocycles. The van der Waals surface area contributed by atoms with Gasteiger partial charge < -0.3 is 10.0 Å². The van der Waals surface area contributed by atoms with E-state index in [1.807, 2.05) is 11.8 Å². The SMILES string of the molecule is CCN(Cc1cccc(F)c1)C(=O)CN1CCC(C(=O)O)CC1. The van der Waals surface area contributed by atoms with E-state index in [1.54, 1.807) is 17.0 Å². The fourth-order valence-electron chi connectivity index (χ4n) is 2.86. The summed E-state index contributed by atoms with van der Waals surface area (Å²) < 4.78 is 13.2. The molecule has 0 bridgehead atoms. The van der Waals surface area contributed by atoms with Crippen LogP contribution < -0.4 is 0 Å².